The quantitative estimate of drug-likeness (QED) is 0.688. The van der Waals surface area contributed by atoms with Crippen molar-refractivity contribution in [2.24, 2.45) is 0 Å². The Balaban J connectivity index is 1.70. The molecule has 1 saturated heterocycles. The number of nitrogens with one attached hydrogen (secondary N) is 2. The number of piperidine rings is 1. The van der Waals surface area contributed by atoms with E-state index in [4.69, 9.17) is 9.97 Å². The molecule has 134 valence electrons. The summed E-state index contributed by atoms with van der Waals surface area (Å²) in [7, 11) is 1.29. The first-order chi connectivity index (χ1) is 12.7. The van der Waals surface area contributed by atoms with Crippen molar-refractivity contribution in [3.05, 3.63) is 30.1 Å². The highest BCUT2D eigenvalue weighted by molar-refractivity contribution is 5.91. The Kier molecular flexibility index (Phi) is 4.34. The molecule has 0 saturated carbocycles. The number of rotatable bonds is 4. The fourth-order valence-electron chi connectivity index (χ4n) is 3.01. The van der Waals surface area contributed by atoms with Gasteiger partial charge in [-0.2, -0.15) is 9.97 Å². The van der Waals surface area contributed by atoms with Gasteiger partial charge in [0.05, 0.1) is 12.6 Å². The van der Waals surface area contributed by atoms with E-state index < -0.39 is 5.97 Å². The standard InChI is InChI=1S/C17H19N7O2/c1-26-15(25)14-20-16(23-22-14)19-13-11-7-3-4-8-12(11)18-17(21-13)24-9-5-2-6-10-24/h3-4,7-8H,2,5-6,9-10H2,1H3,(H2,18,19,20,21,22,23). The third kappa shape index (κ3) is 3.15. The van der Waals surface area contributed by atoms with E-state index in [2.05, 4.69) is 30.1 Å². The van der Waals surface area contributed by atoms with Crippen LogP contribution in [0.4, 0.5) is 17.7 Å². The number of aromatic amines is 1. The van der Waals surface area contributed by atoms with Crippen LogP contribution >= 0.6 is 0 Å². The van der Waals surface area contributed by atoms with Crippen LogP contribution in [0.3, 0.4) is 0 Å². The minimum absolute atomic E-state index is 0.0374. The Hall–Kier alpha value is -3.23. The number of anilines is 3. The number of carbonyl (C=O) groups excluding carboxylic acids is 1. The third-order valence-electron chi connectivity index (χ3n) is 4.32. The van der Waals surface area contributed by atoms with Crippen molar-refractivity contribution < 1.29 is 9.53 Å². The maximum atomic E-state index is 11.5. The predicted octanol–water partition coefficient (Wildman–Crippen LogP) is 2.27. The number of hydrogen-bond acceptors (Lipinski definition) is 8. The zero-order valence-electron chi connectivity index (χ0n) is 14.4. The Bertz CT molecular complexity index is 934. The number of carbonyl (C=O) groups is 1. The van der Waals surface area contributed by atoms with E-state index in [1.165, 1.54) is 13.5 Å². The zero-order chi connectivity index (χ0) is 17.9. The largest absolute Gasteiger partial charge is 0.463 e. The average molecular weight is 353 g/mol. The monoisotopic (exact) mass is 353 g/mol. The van der Waals surface area contributed by atoms with E-state index in [-0.39, 0.29) is 5.82 Å². The first-order valence-corrected chi connectivity index (χ1v) is 8.54. The smallest absolute Gasteiger partial charge is 0.378 e. The lowest BCUT2D eigenvalue weighted by Crippen LogP contribution is -2.31. The molecule has 9 nitrogen and oxygen atoms in total. The number of benzene rings is 1. The molecule has 2 N–H and O–H groups in total. The van der Waals surface area contributed by atoms with Gasteiger partial charge in [0.15, 0.2) is 0 Å². The Morgan fingerprint density at radius 3 is 2.77 bits per heavy atom. The van der Waals surface area contributed by atoms with Gasteiger partial charge in [-0.05, 0) is 31.4 Å². The highest BCUT2D eigenvalue weighted by Gasteiger charge is 2.18. The minimum Gasteiger partial charge on any atom is -0.463 e. The van der Waals surface area contributed by atoms with Gasteiger partial charge in [-0.15, -0.1) is 5.10 Å². The number of methoxy groups -OCH3 is 1. The fourth-order valence-corrected chi connectivity index (χ4v) is 3.01. The van der Waals surface area contributed by atoms with E-state index in [1.807, 2.05) is 24.3 Å². The second-order valence-corrected chi connectivity index (χ2v) is 6.06. The lowest BCUT2D eigenvalue weighted by molar-refractivity contribution is 0.0587. The number of hydrogen-bond donors (Lipinski definition) is 2. The van der Waals surface area contributed by atoms with Crippen LogP contribution in [0.1, 0.15) is 29.9 Å². The molecule has 3 aromatic rings. The lowest BCUT2D eigenvalue weighted by atomic mass is 10.1. The summed E-state index contributed by atoms with van der Waals surface area (Å²) in [4.78, 5) is 27.2. The van der Waals surface area contributed by atoms with Crippen molar-refractivity contribution in [2.45, 2.75) is 19.3 Å². The van der Waals surface area contributed by atoms with Crippen LogP contribution in [-0.4, -0.2) is 51.3 Å². The zero-order valence-corrected chi connectivity index (χ0v) is 14.4. The molecular weight excluding hydrogens is 334 g/mol. The van der Waals surface area contributed by atoms with Crippen molar-refractivity contribution in [1.29, 1.82) is 0 Å². The molecule has 3 heterocycles. The molecule has 1 aliphatic rings. The number of para-hydroxylation sites is 1. The molecule has 9 heteroatoms. The normalized spacial score (nSPS) is 14.4. The fraction of sp³-hybridized carbons (Fsp3) is 0.353. The van der Waals surface area contributed by atoms with Gasteiger partial charge in [0.25, 0.3) is 5.82 Å². The number of fused-ring (bicyclic) bond motifs is 1. The number of esters is 1. The maximum absolute atomic E-state index is 11.5. The van der Waals surface area contributed by atoms with Gasteiger partial charge in [0.1, 0.15) is 5.82 Å². The molecule has 0 bridgehead atoms. The van der Waals surface area contributed by atoms with E-state index >= 15 is 0 Å². The summed E-state index contributed by atoms with van der Waals surface area (Å²) >= 11 is 0. The number of H-pyrrole nitrogens is 1. The number of ether oxygens (including phenoxy) is 1. The van der Waals surface area contributed by atoms with Crippen molar-refractivity contribution in [3.8, 4) is 0 Å². The van der Waals surface area contributed by atoms with Crippen molar-refractivity contribution >= 4 is 34.6 Å². The molecule has 1 aromatic carbocycles. The molecule has 4 rings (SSSR count). The van der Waals surface area contributed by atoms with Gasteiger partial charge < -0.3 is 15.0 Å². The molecule has 1 aliphatic heterocycles. The lowest BCUT2D eigenvalue weighted by Gasteiger charge is -2.27. The van der Waals surface area contributed by atoms with Gasteiger partial charge in [0, 0.05) is 18.5 Å². The summed E-state index contributed by atoms with van der Waals surface area (Å²) in [5.74, 6) is 0.988. The molecule has 0 unspecified atom stereocenters. The van der Waals surface area contributed by atoms with E-state index in [9.17, 15) is 4.79 Å². The molecule has 26 heavy (non-hydrogen) atoms. The van der Waals surface area contributed by atoms with Gasteiger partial charge in [-0.25, -0.2) is 14.9 Å². The van der Waals surface area contributed by atoms with Crippen molar-refractivity contribution in [2.75, 3.05) is 30.4 Å². The van der Waals surface area contributed by atoms with Crippen molar-refractivity contribution in [3.63, 3.8) is 0 Å². The summed E-state index contributed by atoms with van der Waals surface area (Å²) in [5, 5.41) is 10.5. The second-order valence-electron chi connectivity index (χ2n) is 6.06. The van der Waals surface area contributed by atoms with Gasteiger partial charge in [-0.3, -0.25) is 0 Å². The van der Waals surface area contributed by atoms with Crippen LogP contribution in [-0.2, 0) is 4.74 Å². The average Bonchev–Trinajstić information content (AvgIpc) is 3.16. The summed E-state index contributed by atoms with van der Waals surface area (Å²) < 4.78 is 4.62. The first-order valence-electron chi connectivity index (χ1n) is 8.54. The molecular formula is C17H19N7O2. The second kappa shape index (κ2) is 6.95. The minimum atomic E-state index is -0.601. The van der Waals surface area contributed by atoms with E-state index in [1.54, 1.807) is 0 Å². The van der Waals surface area contributed by atoms with Crippen LogP contribution in [0.2, 0.25) is 0 Å². The van der Waals surface area contributed by atoms with Gasteiger partial charge in [-0.1, -0.05) is 12.1 Å². The number of aromatic nitrogens is 5. The molecule has 0 spiro atoms. The molecule has 0 radical (unpaired) electrons. The summed E-state index contributed by atoms with van der Waals surface area (Å²) in [6, 6.07) is 7.77. The molecule has 1 fully saturated rings. The van der Waals surface area contributed by atoms with Crippen LogP contribution < -0.4 is 10.2 Å². The third-order valence-corrected chi connectivity index (χ3v) is 4.32. The van der Waals surface area contributed by atoms with Crippen LogP contribution in [0, 0.1) is 0 Å². The van der Waals surface area contributed by atoms with Crippen LogP contribution in [0.25, 0.3) is 10.9 Å². The highest BCUT2D eigenvalue weighted by Crippen LogP contribution is 2.26. The molecule has 0 aliphatic carbocycles. The van der Waals surface area contributed by atoms with Gasteiger partial charge >= 0.3 is 5.97 Å². The maximum Gasteiger partial charge on any atom is 0.378 e. The van der Waals surface area contributed by atoms with Crippen LogP contribution in [0.5, 0.6) is 0 Å². The first kappa shape index (κ1) is 16.2. The summed E-state index contributed by atoms with van der Waals surface area (Å²) in [5.41, 5.74) is 0.846. The Morgan fingerprint density at radius 1 is 1.15 bits per heavy atom. The highest BCUT2D eigenvalue weighted by atomic mass is 16.5. The Morgan fingerprint density at radius 2 is 1.96 bits per heavy atom. The van der Waals surface area contributed by atoms with E-state index in [0.717, 1.165) is 36.8 Å². The van der Waals surface area contributed by atoms with E-state index in [0.29, 0.717) is 17.7 Å². The molecule has 0 atom stereocenters. The molecule has 2 aromatic heterocycles. The topological polar surface area (TPSA) is 109 Å². The van der Waals surface area contributed by atoms with Crippen LogP contribution in [0.15, 0.2) is 24.3 Å². The number of nitrogens with zero attached hydrogens (tertiary/aromatic N) is 5. The van der Waals surface area contributed by atoms with Crippen molar-refractivity contribution in [1.82, 2.24) is 25.1 Å². The van der Waals surface area contributed by atoms with Gasteiger partial charge in [0.2, 0.25) is 11.9 Å². The SMILES string of the molecule is COC(=O)c1n[nH]c(Nc2nc(N3CCCCC3)nc3ccccc23)n1. The summed E-state index contributed by atoms with van der Waals surface area (Å²) in [6.45, 7) is 1.90. The predicted molar refractivity (Wildman–Crippen MR) is 96.6 cm³/mol. The Labute approximate surface area is 149 Å². The molecule has 0 amide bonds. The summed E-state index contributed by atoms with van der Waals surface area (Å²) in [6.07, 6.45) is 3.52.